The maximum absolute atomic E-state index is 12.3. The van der Waals surface area contributed by atoms with Crippen molar-refractivity contribution in [2.75, 3.05) is 20.8 Å². The Labute approximate surface area is 182 Å². The third-order valence-corrected chi connectivity index (χ3v) is 4.81. The summed E-state index contributed by atoms with van der Waals surface area (Å²) in [4.78, 5) is 12.3. The molecular weight excluding hydrogens is 394 g/mol. The van der Waals surface area contributed by atoms with Gasteiger partial charge in [-0.3, -0.25) is 4.79 Å². The SMILES string of the molecule is COc1ccc(CCNC(=O)Cc2ccc(OCc3ccccc3)c(O)c2)cc1OC. The summed E-state index contributed by atoms with van der Waals surface area (Å²) < 4.78 is 16.2. The van der Waals surface area contributed by atoms with Crippen molar-refractivity contribution >= 4 is 5.91 Å². The van der Waals surface area contributed by atoms with E-state index >= 15 is 0 Å². The number of phenols is 1. The van der Waals surface area contributed by atoms with Crippen LogP contribution in [0.2, 0.25) is 0 Å². The first-order valence-electron chi connectivity index (χ1n) is 10.0. The van der Waals surface area contributed by atoms with Crippen LogP contribution in [0.5, 0.6) is 23.0 Å². The maximum atomic E-state index is 12.3. The zero-order valence-electron chi connectivity index (χ0n) is 17.8. The number of carbonyl (C=O) groups is 1. The molecule has 3 rings (SSSR count). The van der Waals surface area contributed by atoms with Crippen LogP contribution in [0.25, 0.3) is 0 Å². The van der Waals surface area contributed by atoms with Gasteiger partial charge in [0, 0.05) is 6.54 Å². The van der Waals surface area contributed by atoms with Gasteiger partial charge in [0.2, 0.25) is 5.91 Å². The summed E-state index contributed by atoms with van der Waals surface area (Å²) in [5.74, 6) is 1.63. The van der Waals surface area contributed by atoms with Gasteiger partial charge in [-0.1, -0.05) is 42.5 Å². The predicted molar refractivity (Wildman–Crippen MR) is 119 cm³/mol. The van der Waals surface area contributed by atoms with Crippen LogP contribution < -0.4 is 19.5 Å². The highest BCUT2D eigenvalue weighted by molar-refractivity contribution is 5.78. The third kappa shape index (κ3) is 6.40. The number of rotatable bonds is 10. The summed E-state index contributed by atoms with van der Waals surface area (Å²) in [6.07, 6.45) is 0.849. The molecule has 3 aromatic rings. The molecule has 2 N–H and O–H groups in total. The van der Waals surface area contributed by atoms with Gasteiger partial charge in [-0.05, 0) is 47.4 Å². The maximum Gasteiger partial charge on any atom is 0.224 e. The number of amides is 1. The first-order valence-corrected chi connectivity index (χ1v) is 10.0. The molecule has 0 saturated carbocycles. The van der Waals surface area contributed by atoms with E-state index in [1.54, 1.807) is 32.4 Å². The first kappa shape index (κ1) is 22.0. The number of phenolic OH excluding ortho intramolecular Hbond substituents is 1. The molecule has 0 aliphatic rings. The van der Waals surface area contributed by atoms with Gasteiger partial charge >= 0.3 is 0 Å². The van der Waals surface area contributed by atoms with Crippen molar-refractivity contribution < 1.29 is 24.1 Å². The van der Waals surface area contributed by atoms with Gasteiger partial charge in [0.15, 0.2) is 23.0 Å². The zero-order valence-corrected chi connectivity index (χ0v) is 17.8. The Morgan fingerprint density at radius 3 is 2.26 bits per heavy atom. The van der Waals surface area contributed by atoms with E-state index in [1.165, 1.54) is 0 Å². The fourth-order valence-electron chi connectivity index (χ4n) is 3.16. The molecule has 0 unspecified atom stereocenters. The number of hydrogen-bond donors (Lipinski definition) is 2. The topological polar surface area (TPSA) is 77.0 Å². The lowest BCUT2D eigenvalue weighted by Gasteiger charge is -2.11. The highest BCUT2D eigenvalue weighted by Gasteiger charge is 2.09. The Morgan fingerprint density at radius 1 is 0.839 bits per heavy atom. The molecule has 0 saturated heterocycles. The quantitative estimate of drug-likeness (QED) is 0.519. The molecule has 0 fully saturated rings. The van der Waals surface area contributed by atoms with E-state index < -0.39 is 0 Å². The fraction of sp³-hybridized carbons (Fsp3) is 0.240. The second-order valence-corrected chi connectivity index (χ2v) is 7.04. The minimum atomic E-state index is -0.113. The van der Waals surface area contributed by atoms with Crippen LogP contribution in [0.1, 0.15) is 16.7 Å². The van der Waals surface area contributed by atoms with Crippen molar-refractivity contribution in [2.24, 2.45) is 0 Å². The monoisotopic (exact) mass is 421 g/mol. The number of hydrogen-bond acceptors (Lipinski definition) is 5. The second kappa shape index (κ2) is 10.9. The summed E-state index contributed by atoms with van der Waals surface area (Å²) in [6.45, 7) is 0.864. The largest absolute Gasteiger partial charge is 0.504 e. The molecular formula is C25H27NO5. The summed E-state index contributed by atoms with van der Waals surface area (Å²) >= 11 is 0. The van der Waals surface area contributed by atoms with E-state index in [1.807, 2.05) is 48.5 Å². The number of benzene rings is 3. The van der Waals surface area contributed by atoms with Crippen LogP contribution >= 0.6 is 0 Å². The standard InChI is InChI=1S/C25H27NO5/c1-29-23-11-8-18(15-24(23)30-2)12-13-26-25(28)16-20-9-10-22(21(27)14-20)31-17-19-6-4-3-5-7-19/h3-11,14-15,27H,12-13,16-17H2,1-2H3,(H,26,28). The number of aromatic hydroxyl groups is 1. The van der Waals surface area contributed by atoms with Crippen molar-refractivity contribution in [1.29, 1.82) is 0 Å². The molecule has 0 atom stereocenters. The van der Waals surface area contributed by atoms with Crippen molar-refractivity contribution in [3.8, 4) is 23.0 Å². The normalized spacial score (nSPS) is 10.4. The van der Waals surface area contributed by atoms with Crippen molar-refractivity contribution in [3.05, 3.63) is 83.4 Å². The van der Waals surface area contributed by atoms with E-state index in [9.17, 15) is 9.90 Å². The lowest BCUT2D eigenvalue weighted by atomic mass is 10.1. The van der Waals surface area contributed by atoms with Crippen LogP contribution in [-0.4, -0.2) is 31.8 Å². The number of nitrogens with one attached hydrogen (secondary N) is 1. The number of carbonyl (C=O) groups excluding carboxylic acids is 1. The van der Waals surface area contributed by atoms with Crippen LogP contribution in [0.4, 0.5) is 0 Å². The summed E-state index contributed by atoms with van der Waals surface area (Å²) in [5.41, 5.74) is 2.77. The second-order valence-electron chi connectivity index (χ2n) is 7.04. The summed E-state index contributed by atoms with van der Waals surface area (Å²) in [6, 6.07) is 20.4. The van der Waals surface area contributed by atoms with Crippen LogP contribution in [0.3, 0.4) is 0 Å². The molecule has 162 valence electrons. The molecule has 31 heavy (non-hydrogen) atoms. The van der Waals surface area contributed by atoms with Gasteiger partial charge in [0.1, 0.15) is 6.61 Å². The van der Waals surface area contributed by atoms with Gasteiger partial charge in [-0.2, -0.15) is 0 Å². The van der Waals surface area contributed by atoms with E-state index in [4.69, 9.17) is 14.2 Å². The first-order chi connectivity index (χ1) is 15.1. The van der Waals surface area contributed by atoms with Crippen LogP contribution in [-0.2, 0) is 24.2 Å². The van der Waals surface area contributed by atoms with E-state index in [0.29, 0.717) is 42.4 Å². The molecule has 6 nitrogen and oxygen atoms in total. The molecule has 3 aromatic carbocycles. The average molecular weight is 421 g/mol. The molecule has 0 bridgehead atoms. The Morgan fingerprint density at radius 2 is 1.55 bits per heavy atom. The Balaban J connectivity index is 1.47. The average Bonchev–Trinajstić information content (AvgIpc) is 2.79. The van der Waals surface area contributed by atoms with Crippen molar-refractivity contribution in [1.82, 2.24) is 5.32 Å². The number of methoxy groups -OCH3 is 2. The van der Waals surface area contributed by atoms with Gasteiger partial charge in [0.05, 0.1) is 20.6 Å². The fourth-order valence-corrected chi connectivity index (χ4v) is 3.16. The van der Waals surface area contributed by atoms with Gasteiger partial charge in [0.25, 0.3) is 0 Å². The molecule has 0 aromatic heterocycles. The molecule has 0 heterocycles. The van der Waals surface area contributed by atoms with Crippen molar-refractivity contribution in [3.63, 3.8) is 0 Å². The minimum absolute atomic E-state index is 0.0200. The van der Waals surface area contributed by atoms with Crippen LogP contribution in [0.15, 0.2) is 66.7 Å². The third-order valence-electron chi connectivity index (χ3n) is 4.81. The molecule has 0 spiro atoms. The molecule has 1 amide bonds. The van der Waals surface area contributed by atoms with E-state index in [2.05, 4.69) is 5.32 Å². The molecule has 0 radical (unpaired) electrons. The lowest BCUT2D eigenvalue weighted by molar-refractivity contribution is -0.120. The Kier molecular flexibility index (Phi) is 7.76. The van der Waals surface area contributed by atoms with Crippen LogP contribution in [0, 0.1) is 0 Å². The van der Waals surface area contributed by atoms with E-state index in [-0.39, 0.29) is 18.1 Å². The highest BCUT2D eigenvalue weighted by atomic mass is 16.5. The van der Waals surface area contributed by atoms with Gasteiger partial charge in [-0.15, -0.1) is 0 Å². The summed E-state index contributed by atoms with van der Waals surface area (Å²) in [5, 5.41) is 13.1. The lowest BCUT2D eigenvalue weighted by Crippen LogP contribution is -2.27. The smallest absolute Gasteiger partial charge is 0.224 e. The molecule has 0 aliphatic heterocycles. The predicted octanol–water partition coefficient (Wildman–Crippen LogP) is 3.89. The Hall–Kier alpha value is -3.67. The number of ether oxygens (including phenoxy) is 3. The summed E-state index contributed by atoms with van der Waals surface area (Å²) in [7, 11) is 3.19. The Bertz CT molecular complexity index is 1000. The minimum Gasteiger partial charge on any atom is -0.504 e. The van der Waals surface area contributed by atoms with Gasteiger partial charge in [-0.25, -0.2) is 0 Å². The van der Waals surface area contributed by atoms with E-state index in [0.717, 1.165) is 11.1 Å². The molecule has 0 aliphatic carbocycles. The van der Waals surface area contributed by atoms with Crippen molar-refractivity contribution in [2.45, 2.75) is 19.4 Å². The van der Waals surface area contributed by atoms with Gasteiger partial charge < -0.3 is 24.6 Å². The zero-order chi connectivity index (χ0) is 22.1. The highest BCUT2D eigenvalue weighted by Crippen LogP contribution is 2.28. The molecule has 6 heteroatoms.